The highest BCUT2D eigenvalue weighted by Crippen LogP contribution is 2.18. The van der Waals surface area contributed by atoms with E-state index in [4.69, 9.17) is 16.3 Å². The first kappa shape index (κ1) is 16.0. The van der Waals surface area contributed by atoms with Crippen LogP contribution >= 0.6 is 11.6 Å². The van der Waals surface area contributed by atoms with Crippen LogP contribution in [0, 0.1) is 6.92 Å². The molecule has 0 radical (unpaired) electrons. The molecule has 1 aliphatic heterocycles. The number of nitrogens with zero attached hydrogens (tertiary/aromatic N) is 4. The van der Waals surface area contributed by atoms with Gasteiger partial charge in [0.05, 0.1) is 17.5 Å². The van der Waals surface area contributed by atoms with Crippen molar-refractivity contribution in [3.8, 4) is 5.69 Å². The monoisotopic (exact) mass is 334 g/mol. The predicted octanol–water partition coefficient (Wildman–Crippen LogP) is 2.48. The molecule has 1 unspecified atom stereocenters. The third kappa shape index (κ3) is 3.38. The molecule has 0 N–H and O–H groups in total. The van der Waals surface area contributed by atoms with Crippen molar-refractivity contribution < 1.29 is 9.53 Å². The van der Waals surface area contributed by atoms with Crippen LogP contribution in [-0.4, -0.2) is 51.6 Å². The minimum Gasteiger partial charge on any atom is -0.377 e. The third-order valence-corrected chi connectivity index (χ3v) is 4.12. The van der Waals surface area contributed by atoms with E-state index in [1.54, 1.807) is 21.7 Å². The number of benzene rings is 1. The van der Waals surface area contributed by atoms with Gasteiger partial charge in [-0.1, -0.05) is 22.9 Å². The zero-order valence-corrected chi connectivity index (χ0v) is 14.0. The zero-order valence-electron chi connectivity index (χ0n) is 13.2. The van der Waals surface area contributed by atoms with Crippen molar-refractivity contribution in [2.75, 3.05) is 19.7 Å². The van der Waals surface area contributed by atoms with Crippen molar-refractivity contribution >= 4 is 17.5 Å². The number of ether oxygens (including phenoxy) is 1. The second-order valence-electron chi connectivity index (χ2n) is 5.70. The average Bonchev–Trinajstić information content (AvgIpc) is 2.77. The molecule has 7 heteroatoms. The summed E-state index contributed by atoms with van der Waals surface area (Å²) in [5, 5.41) is 8.82. The Hall–Kier alpha value is -1.92. The SMILES string of the molecule is Cc1c(C(=O)N2CCCOC(C)C2)nnn1-c1cccc(Cl)c1. The van der Waals surface area contributed by atoms with Crippen LogP contribution in [-0.2, 0) is 4.74 Å². The topological polar surface area (TPSA) is 60.3 Å². The van der Waals surface area contributed by atoms with E-state index in [2.05, 4.69) is 10.3 Å². The molecule has 122 valence electrons. The number of hydrogen-bond acceptors (Lipinski definition) is 4. The fourth-order valence-electron chi connectivity index (χ4n) is 2.71. The van der Waals surface area contributed by atoms with E-state index < -0.39 is 0 Å². The summed E-state index contributed by atoms with van der Waals surface area (Å²) >= 11 is 6.02. The highest BCUT2D eigenvalue weighted by atomic mass is 35.5. The highest BCUT2D eigenvalue weighted by Gasteiger charge is 2.25. The smallest absolute Gasteiger partial charge is 0.276 e. The number of rotatable bonds is 2. The van der Waals surface area contributed by atoms with Crippen LogP contribution in [0.4, 0.5) is 0 Å². The number of amides is 1. The van der Waals surface area contributed by atoms with Gasteiger partial charge in [0.15, 0.2) is 5.69 Å². The third-order valence-electron chi connectivity index (χ3n) is 3.89. The highest BCUT2D eigenvalue weighted by molar-refractivity contribution is 6.30. The first-order valence-corrected chi connectivity index (χ1v) is 8.03. The molecule has 0 aliphatic carbocycles. The second kappa shape index (κ2) is 6.68. The van der Waals surface area contributed by atoms with Gasteiger partial charge in [0.1, 0.15) is 0 Å². The lowest BCUT2D eigenvalue weighted by Crippen LogP contribution is -2.36. The van der Waals surface area contributed by atoms with E-state index in [-0.39, 0.29) is 12.0 Å². The number of aromatic nitrogens is 3. The molecule has 1 atom stereocenters. The van der Waals surface area contributed by atoms with Gasteiger partial charge >= 0.3 is 0 Å². The van der Waals surface area contributed by atoms with Crippen molar-refractivity contribution in [3.63, 3.8) is 0 Å². The summed E-state index contributed by atoms with van der Waals surface area (Å²) in [5.74, 6) is -0.104. The first-order chi connectivity index (χ1) is 11.1. The van der Waals surface area contributed by atoms with Crippen molar-refractivity contribution in [1.29, 1.82) is 0 Å². The average molecular weight is 335 g/mol. The van der Waals surface area contributed by atoms with Crippen molar-refractivity contribution in [2.45, 2.75) is 26.4 Å². The number of halogens is 1. The van der Waals surface area contributed by atoms with Crippen LogP contribution in [0.15, 0.2) is 24.3 Å². The molecule has 6 nitrogen and oxygen atoms in total. The zero-order chi connectivity index (χ0) is 16.4. The van der Waals surface area contributed by atoms with E-state index in [9.17, 15) is 4.79 Å². The molecule has 1 aromatic carbocycles. The Morgan fingerprint density at radius 2 is 2.26 bits per heavy atom. The van der Waals surface area contributed by atoms with Gasteiger partial charge in [0.2, 0.25) is 0 Å². The quantitative estimate of drug-likeness (QED) is 0.846. The molecular formula is C16H19ClN4O2. The van der Waals surface area contributed by atoms with Gasteiger partial charge in [-0.2, -0.15) is 0 Å². The minimum absolute atomic E-state index is 0.0322. The molecule has 1 fully saturated rings. The molecule has 2 aromatic rings. The van der Waals surface area contributed by atoms with Gasteiger partial charge in [-0.05, 0) is 38.5 Å². The maximum Gasteiger partial charge on any atom is 0.276 e. The molecule has 1 saturated heterocycles. The largest absolute Gasteiger partial charge is 0.377 e. The number of hydrogen-bond donors (Lipinski definition) is 0. The fourth-order valence-corrected chi connectivity index (χ4v) is 2.89. The van der Waals surface area contributed by atoms with E-state index >= 15 is 0 Å². The Labute approximate surface area is 140 Å². The van der Waals surface area contributed by atoms with Gasteiger partial charge in [0, 0.05) is 24.7 Å². The van der Waals surface area contributed by atoms with Gasteiger partial charge in [-0.25, -0.2) is 4.68 Å². The molecule has 1 amide bonds. The van der Waals surface area contributed by atoms with Crippen LogP contribution in [0.3, 0.4) is 0 Å². The molecule has 3 rings (SSSR count). The van der Waals surface area contributed by atoms with Crippen molar-refractivity contribution in [2.24, 2.45) is 0 Å². The van der Waals surface area contributed by atoms with Gasteiger partial charge in [-0.3, -0.25) is 4.79 Å². The van der Waals surface area contributed by atoms with Gasteiger partial charge < -0.3 is 9.64 Å². The molecule has 0 saturated carbocycles. The Balaban J connectivity index is 1.88. The summed E-state index contributed by atoms with van der Waals surface area (Å²) < 4.78 is 7.22. The summed E-state index contributed by atoms with van der Waals surface area (Å²) in [6.07, 6.45) is 0.863. The van der Waals surface area contributed by atoms with Crippen molar-refractivity contribution in [3.05, 3.63) is 40.7 Å². The first-order valence-electron chi connectivity index (χ1n) is 7.65. The lowest BCUT2D eigenvalue weighted by Gasteiger charge is -2.21. The van der Waals surface area contributed by atoms with Crippen molar-refractivity contribution in [1.82, 2.24) is 19.9 Å². The Morgan fingerprint density at radius 1 is 1.43 bits per heavy atom. The van der Waals surface area contributed by atoms with Crippen LogP contribution in [0.5, 0.6) is 0 Å². The maximum atomic E-state index is 12.8. The molecule has 1 aromatic heterocycles. The van der Waals surface area contributed by atoms with E-state index in [0.717, 1.165) is 12.1 Å². The second-order valence-corrected chi connectivity index (χ2v) is 6.14. The number of carbonyl (C=O) groups is 1. The van der Waals surface area contributed by atoms with E-state index in [1.807, 2.05) is 26.0 Å². The summed E-state index contributed by atoms with van der Waals surface area (Å²) in [4.78, 5) is 14.5. The Kier molecular flexibility index (Phi) is 4.63. The van der Waals surface area contributed by atoms with Crippen LogP contribution in [0.1, 0.15) is 29.5 Å². The predicted molar refractivity (Wildman–Crippen MR) is 87.0 cm³/mol. The Morgan fingerprint density at radius 3 is 3.04 bits per heavy atom. The summed E-state index contributed by atoms with van der Waals surface area (Å²) in [6.45, 7) is 5.74. The molecule has 0 bridgehead atoms. The molecule has 1 aliphatic rings. The minimum atomic E-state index is -0.104. The number of carbonyl (C=O) groups excluding carboxylic acids is 1. The molecular weight excluding hydrogens is 316 g/mol. The molecule has 2 heterocycles. The maximum absolute atomic E-state index is 12.8. The van der Waals surface area contributed by atoms with Gasteiger partial charge in [-0.15, -0.1) is 5.10 Å². The lowest BCUT2D eigenvalue weighted by atomic mass is 10.2. The summed E-state index contributed by atoms with van der Waals surface area (Å²) in [7, 11) is 0. The summed E-state index contributed by atoms with van der Waals surface area (Å²) in [5.41, 5.74) is 1.86. The fraction of sp³-hybridized carbons (Fsp3) is 0.438. The lowest BCUT2D eigenvalue weighted by molar-refractivity contribution is 0.0559. The van der Waals surface area contributed by atoms with Crippen LogP contribution < -0.4 is 0 Å². The Bertz CT molecular complexity index is 716. The normalized spacial score (nSPS) is 18.7. The van der Waals surface area contributed by atoms with E-state index in [1.165, 1.54) is 0 Å². The standard InChI is InChI=1S/C16H19ClN4O2/c1-11-10-20(7-4-8-23-11)16(22)15-12(2)21(19-18-15)14-6-3-5-13(17)9-14/h3,5-6,9,11H,4,7-8,10H2,1-2H3. The van der Waals surface area contributed by atoms with E-state index in [0.29, 0.717) is 36.1 Å². The van der Waals surface area contributed by atoms with Gasteiger partial charge in [0.25, 0.3) is 5.91 Å². The molecule has 0 spiro atoms. The summed E-state index contributed by atoms with van der Waals surface area (Å²) in [6, 6.07) is 7.30. The van der Waals surface area contributed by atoms with Crippen LogP contribution in [0.2, 0.25) is 5.02 Å². The van der Waals surface area contributed by atoms with Crippen LogP contribution in [0.25, 0.3) is 5.69 Å². The molecule has 23 heavy (non-hydrogen) atoms.